The minimum absolute atomic E-state index is 0.144. The lowest BCUT2D eigenvalue weighted by Gasteiger charge is -2.23. The fraction of sp³-hybridized carbons (Fsp3) is 0.300. The molecule has 1 unspecified atom stereocenters. The molecule has 1 aromatic carbocycles. The highest BCUT2D eigenvalue weighted by atomic mass is 79.9. The van der Waals surface area contributed by atoms with Crippen LogP contribution < -0.4 is 5.73 Å². The summed E-state index contributed by atoms with van der Waals surface area (Å²) < 4.78 is 26.3. The quantitative estimate of drug-likeness (QED) is 0.374. The number of halogens is 1. The third kappa shape index (κ3) is 3.01. The van der Waals surface area contributed by atoms with Gasteiger partial charge in [0, 0.05) is 11.5 Å². The second-order valence-corrected chi connectivity index (χ2v) is 6.59. The van der Waals surface area contributed by atoms with Gasteiger partial charge in [0.15, 0.2) is 5.84 Å². The van der Waals surface area contributed by atoms with E-state index in [0.717, 1.165) is 8.78 Å². The molecule has 0 spiro atoms. The Morgan fingerprint density at radius 3 is 2.39 bits per heavy atom. The Balaban J connectivity index is 3.11. The number of rotatable bonds is 4. The lowest BCUT2D eigenvalue weighted by Crippen LogP contribution is -2.43. The maximum atomic E-state index is 12.2. The number of hydrogen-bond acceptors (Lipinski definition) is 4. The van der Waals surface area contributed by atoms with Crippen molar-refractivity contribution in [1.29, 1.82) is 0 Å². The summed E-state index contributed by atoms with van der Waals surface area (Å²) in [6, 6.07) is 5.50. The van der Waals surface area contributed by atoms with E-state index in [1.165, 1.54) is 26.1 Å². The molecule has 0 bridgehead atoms. The van der Waals surface area contributed by atoms with E-state index in [1.54, 1.807) is 12.1 Å². The monoisotopic (exact) mass is 335 g/mol. The zero-order chi connectivity index (χ0) is 13.9. The smallest absolute Gasteiger partial charge is 0.243 e. The highest BCUT2D eigenvalue weighted by Gasteiger charge is 2.27. The third-order valence-electron chi connectivity index (χ3n) is 2.58. The second kappa shape index (κ2) is 5.68. The van der Waals surface area contributed by atoms with E-state index in [2.05, 4.69) is 21.1 Å². The van der Waals surface area contributed by atoms with Crippen LogP contribution in [0, 0.1) is 0 Å². The first-order chi connectivity index (χ1) is 8.30. The lowest BCUT2D eigenvalue weighted by atomic mass is 10.3. The van der Waals surface area contributed by atoms with Gasteiger partial charge in [0.05, 0.1) is 10.9 Å². The predicted octanol–water partition coefficient (Wildman–Crippen LogP) is 1.20. The van der Waals surface area contributed by atoms with Gasteiger partial charge >= 0.3 is 0 Å². The van der Waals surface area contributed by atoms with Gasteiger partial charge in [0.1, 0.15) is 0 Å². The van der Waals surface area contributed by atoms with Crippen molar-refractivity contribution in [3.05, 3.63) is 28.7 Å². The highest BCUT2D eigenvalue weighted by Crippen LogP contribution is 2.19. The van der Waals surface area contributed by atoms with Gasteiger partial charge in [-0.2, -0.15) is 4.31 Å². The molecule has 0 aliphatic carbocycles. The summed E-state index contributed by atoms with van der Waals surface area (Å²) in [5.74, 6) is -0.168. The average molecular weight is 336 g/mol. The van der Waals surface area contributed by atoms with Crippen molar-refractivity contribution >= 4 is 31.8 Å². The van der Waals surface area contributed by atoms with Crippen LogP contribution in [0.5, 0.6) is 0 Å². The van der Waals surface area contributed by atoms with Crippen molar-refractivity contribution in [1.82, 2.24) is 4.31 Å². The Hall–Kier alpha value is -1.12. The van der Waals surface area contributed by atoms with Crippen LogP contribution in [-0.4, -0.2) is 36.9 Å². The molecule has 0 aliphatic heterocycles. The number of sulfonamides is 1. The van der Waals surface area contributed by atoms with Gasteiger partial charge in [-0.05, 0) is 31.2 Å². The van der Waals surface area contributed by atoms with Crippen LogP contribution in [0.15, 0.2) is 38.8 Å². The van der Waals surface area contributed by atoms with Crippen molar-refractivity contribution in [3.63, 3.8) is 0 Å². The van der Waals surface area contributed by atoms with Crippen LogP contribution in [0.4, 0.5) is 0 Å². The molecular weight excluding hydrogens is 322 g/mol. The SMILES string of the molecule is CC(C(N)=NO)N(C)S(=O)(=O)c1ccc(Br)cc1. The van der Waals surface area contributed by atoms with Crippen molar-refractivity contribution in [2.24, 2.45) is 10.9 Å². The molecule has 0 heterocycles. The maximum Gasteiger partial charge on any atom is 0.243 e. The van der Waals surface area contributed by atoms with Crippen molar-refractivity contribution in [2.45, 2.75) is 17.9 Å². The van der Waals surface area contributed by atoms with Gasteiger partial charge in [-0.1, -0.05) is 21.1 Å². The molecule has 0 radical (unpaired) electrons. The zero-order valence-corrected chi connectivity index (χ0v) is 12.3. The van der Waals surface area contributed by atoms with E-state index in [4.69, 9.17) is 10.9 Å². The van der Waals surface area contributed by atoms with E-state index >= 15 is 0 Å². The third-order valence-corrected chi connectivity index (χ3v) is 5.05. The van der Waals surface area contributed by atoms with E-state index < -0.39 is 16.1 Å². The summed E-state index contributed by atoms with van der Waals surface area (Å²) in [5.41, 5.74) is 5.40. The summed E-state index contributed by atoms with van der Waals surface area (Å²) in [5, 5.41) is 11.4. The Morgan fingerprint density at radius 2 is 1.94 bits per heavy atom. The molecule has 0 saturated heterocycles. The van der Waals surface area contributed by atoms with E-state index in [9.17, 15) is 8.42 Å². The van der Waals surface area contributed by atoms with Crippen molar-refractivity contribution in [3.8, 4) is 0 Å². The zero-order valence-electron chi connectivity index (χ0n) is 9.91. The molecule has 18 heavy (non-hydrogen) atoms. The van der Waals surface area contributed by atoms with Gasteiger partial charge in [-0.25, -0.2) is 8.42 Å². The number of likely N-dealkylation sites (N-methyl/N-ethyl adjacent to an activating group) is 1. The Bertz CT molecular complexity index is 542. The Labute approximate surface area is 114 Å². The minimum atomic E-state index is -3.67. The first-order valence-electron chi connectivity index (χ1n) is 5.01. The molecule has 0 aliphatic rings. The number of amidine groups is 1. The van der Waals surface area contributed by atoms with Crippen LogP contribution in [-0.2, 0) is 10.0 Å². The minimum Gasteiger partial charge on any atom is -0.409 e. The summed E-state index contributed by atoms with van der Waals surface area (Å²) in [4.78, 5) is 0.144. The van der Waals surface area contributed by atoms with Gasteiger partial charge < -0.3 is 10.9 Å². The van der Waals surface area contributed by atoms with Crippen LogP contribution in [0.3, 0.4) is 0 Å². The summed E-state index contributed by atoms with van der Waals surface area (Å²) in [6.07, 6.45) is 0. The van der Waals surface area contributed by atoms with Crippen LogP contribution in [0.1, 0.15) is 6.92 Å². The predicted molar refractivity (Wildman–Crippen MR) is 72.0 cm³/mol. The van der Waals surface area contributed by atoms with Gasteiger partial charge in [0.25, 0.3) is 0 Å². The van der Waals surface area contributed by atoms with Gasteiger partial charge in [-0.3, -0.25) is 0 Å². The molecule has 0 aromatic heterocycles. The van der Waals surface area contributed by atoms with Crippen LogP contribution in [0.25, 0.3) is 0 Å². The first kappa shape index (κ1) is 14.9. The molecule has 1 aromatic rings. The number of oxime groups is 1. The fourth-order valence-electron chi connectivity index (χ4n) is 1.25. The molecule has 3 N–H and O–H groups in total. The number of hydrogen-bond donors (Lipinski definition) is 2. The lowest BCUT2D eigenvalue weighted by molar-refractivity contribution is 0.311. The highest BCUT2D eigenvalue weighted by molar-refractivity contribution is 9.10. The summed E-state index contributed by atoms with van der Waals surface area (Å²) in [7, 11) is -2.29. The molecule has 6 nitrogen and oxygen atoms in total. The number of benzene rings is 1. The van der Waals surface area contributed by atoms with Gasteiger partial charge in [-0.15, -0.1) is 0 Å². The average Bonchev–Trinajstić information content (AvgIpc) is 2.36. The normalized spacial score (nSPS) is 14.8. The van der Waals surface area contributed by atoms with Gasteiger partial charge in [0.2, 0.25) is 10.0 Å². The standard InChI is InChI=1S/C10H14BrN3O3S/c1-7(10(12)13-15)14(2)18(16,17)9-5-3-8(11)4-6-9/h3-7,15H,1-2H3,(H2,12,13). The molecule has 1 atom stereocenters. The van der Waals surface area contributed by atoms with E-state index in [-0.39, 0.29) is 10.7 Å². The van der Waals surface area contributed by atoms with Crippen molar-refractivity contribution in [2.75, 3.05) is 7.05 Å². The molecule has 1 rings (SSSR count). The summed E-state index contributed by atoms with van der Waals surface area (Å²) in [6.45, 7) is 1.53. The molecular formula is C10H14BrN3O3S. The second-order valence-electron chi connectivity index (χ2n) is 3.68. The molecule has 8 heteroatoms. The fourth-order valence-corrected chi connectivity index (χ4v) is 2.85. The Morgan fingerprint density at radius 1 is 1.44 bits per heavy atom. The molecule has 0 amide bonds. The molecule has 0 fully saturated rings. The Kier molecular flexibility index (Phi) is 4.71. The molecule has 100 valence electrons. The number of nitrogens with zero attached hydrogens (tertiary/aromatic N) is 2. The largest absolute Gasteiger partial charge is 0.409 e. The van der Waals surface area contributed by atoms with Crippen molar-refractivity contribution < 1.29 is 13.6 Å². The summed E-state index contributed by atoms with van der Waals surface area (Å²) >= 11 is 3.23. The topological polar surface area (TPSA) is 96.0 Å². The van der Waals surface area contributed by atoms with E-state index in [1.807, 2.05) is 0 Å². The van der Waals surface area contributed by atoms with Crippen LogP contribution >= 0.6 is 15.9 Å². The van der Waals surface area contributed by atoms with Crippen LogP contribution in [0.2, 0.25) is 0 Å². The first-order valence-corrected chi connectivity index (χ1v) is 7.25. The number of nitrogens with two attached hydrogens (primary N) is 1. The maximum absolute atomic E-state index is 12.2. The van der Waals surface area contributed by atoms with E-state index in [0.29, 0.717) is 0 Å². The molecule has 0 saturated carbocycles.